The van der Waals surface area contributed by atoms with Gasteiger partial charge in [0.25, 0.3) is 0 Å². The van der Waals surface area contributed by atoms with E-state index in [1.54, 1.807) is 12.1 Å². The van der Waals surface area contributed by atoms with E-state index in [4.69, 9.17) is 0 Å². The third kappa shape index (κ3) is 4.30. The predicted octanol–water partition coefficient (Wildman–Crippen LogP) is 0.717. The van der Waals surface area contributed by atoms with Crippen molar-refractivity contribution < 1.29 is 8.42 Å². The topological polar surface area (TPSA) is 49.4 Å². The van der Waals surface area contributed by atoms with E-state index >= 15 is 0 Å². The lowest BCUT2D eigenvalue weighted by atomic mass is 10.4. The zero-order valence-corrected chi connectivity index (χ0v) is 10.4. The lowest BCUT2D eigenvalue weighted by Gasteiger charge is -2.10. The minimum atomic E-state index is -3.35. The summed E-state index contributed by atoms with van der Waals surface area (Å²) in [7, 11) is 0.573. The van der Waals surface area contributed by atoms with Gasteiger partial charge in [0.05, 0.1) is 4.90 Å². The van der Waals surface area contributed by atoms with Crippen LogP contribution in [0.15, 0.2) is 29.2 Å². The minimum absolute atomic E-state index is 0.288. The van der Waals surface area contributed by atoms with Crippen LogP contribution in [-0.2, 0) is 10.0 Å². The Bertz CT molecular complexity index is 401. The van der Waals surface area contributed by atoms with Crippen molar-refractivity contribution in [2.45, 2.75) is 11.3 Å². The SMILES string of the molecule is CN(C)CCCNS(=O)(=O)c1cc[c]cc1. The second-order valence-corrected chi connectivity index (χ2v) is 5.56. The van der Waals surface area contributed by atoms with Gasteiger partial charge in [-0.2, -0.15) is 0 Å². The Hall–Kier alpha value is -0.910. The summed E-state index contributed by atoms with van der Waals surface area (Å²) in [4.78, 5) is 2.31. The van der Waals surface area contributed by atoms with E-state index in [2.05, 4.69) is 10.8 Å². The van der Waals surface area contributed by atoms with E-state index in [9.17, 15) is 8.42 Å². The molecule has 0 bridgehead atoms. The first-order valence-electron chi connectivity index (χ1n) is 5.13. The molecule has 0 fully saturated rings. The van der Waals surface area contributed by atoms with Crippen molar-refractivity contribution >= 4 is 10.0 Å². The van der Waals surface area contributed by atoms with E-state index in [1.807, 2.05) is 19.0 Å². The number of rotatable bonds is 6. The summed E-state index contributed by atoms with van der Waals surface area (Å²) < 4.78 is 26.0. The maximum atomic E-state index is 11.7. The molecule has 1 aromatic carbocycles. The van der Waals surface area contributed by atoms with Gasteiger partial charge in [0, 0.05) is 6.54 Å². The highest BCUT2D eigenvalue weighted by atomic mass is 32.2. The van der Waals surface area contributed by atoms with Crippen LogP contribution in [-0.4, -0.2) is 40.5 Å². The van der Waals surface area contributed by atoms with Gasteiger partial charge in [0.15, 0.2) is 0 Å². The molecule has 1 aromatic rings. The van der Waals surface area contributed by atoms with Crippen LogP contribution in [0.4, 0.5) is 0 Å². The number of hydrogen-bond acceptors (Lipinski definition) is 3. The van der Waals surface area contributed by atoms with Crippen molar-refractivity contribution in [3.63, 3.8) is 0 Å². The summed E-state index contributed by atoms with van der Waals surface area (Å²) in [6.45, 7) is 1.32. The van der Waals surface area contributed by atoms with Gasteiger partial charge in [-0.05, 0) is 45.3 Å². The lowest BCUT2D eigenvalue weighted by molar-refractivity contribution is 0.400. The molecule has 0 amide bonds. The zero-order valence-electron chi connectivity index (χ0n) is 9.60. The molecule has 0 aliphatic rings. The summed E-state index contributed by atoms with van der Waals surface area (Å²) in [5.74, 6) is 0. The molecule has 0 aliphatic carbocycles. The van der Waals surface area contributed by atoms with Crippen LogP contribution in [0.3, 0.4) is 0 Å². The Labute approximate surface area is 97.3 Å². The lowest BCUT2D eigenvalue weighted by Crippen LogP contribution is -2.27. The normalized spacial score (nSPS) is 11.9. The van der Waals surface area contributed by atoms with Crippen LogP contribution in [0.2, 0.25) is 0 Å². The molecule has 89 valence electrons. The third-order valence-corrected chi connectivity index (χ3v) is 3.55. The van der Waals surface area contributed by atoms with Crippen LogP contribution in [0.1, 0.15) is 6.42 Å². The van der Waals surface area contributed by atoms with Gasteiger partial charge in [-0.15, -0.1) is 0 Å². The molecule has 1 rings (SSSR count). The third-order valence-electron chi connectivity index (χ3n) is 2.07. The van der Waals surface area contributed by atoms with Gasteiger partial charge >= 0.3 is 0 Å². The largest absolute Gasteiger partial charge is 0.309 e. The smallest absolute Gasteiger partial charge is 0.240 e. The second kappa shape index (κ2) is 5.98. The van der Waals surface area contributed by atoms with E-state index in [1.165, 1.54) is 12.1 Å². The van der Waals surface area contributed by atoms with E-state index < -0.39 is 10.0 Å². The minimum Gasteiger partial charge on any atom is -0.309 e. The van der Waals surface area contributed by atoms with Crippen molar-refractivity contribution in [2.75, 3.05) is 27.2 Å². The first-order valence-corrected chi connectivity index (χ1v) is 6.61. The maximum Gasteiger partial charge on any atom is 0.240 e. The fourth-order valence-corrected chi connectivity index (χ4v) is 2.31. The van der Waals surface area contributed by atoms with Crippen LogP contribution < -0.4 is 4.72 Å². The van der Waals surface area contributed by atoms with E-state index in [-0.39, 0.29) is 4.90 Å². The van der Waals surface area contributed by atoms with Gasteiger partial charge in [0.1, 0.15) is 0 Å². The highest BCUT2D eigenvalue weighted by Crippen LogP contribution is 2.06. The zero-order chi connectivity index (χ0) is 12.0. The van der Waals surface area contributed by atoms with Crippen LogP contribution in [0.5, 0.6) is 0 Å². The summed E-state index contributed by atoms with van der Waals surface area (Å²) in [6.07, 6.45) is 0.797. The number of sulfonamides is 1. The van der Waals surface area contributed by atoms with Gasteiger partial charge in [-0.3, -0.25) is 0 Å². The molecule has 0 aliphatic heterocycles. The molecule has 0 saturated heterocycles. The summed E-state index contributed by atoms with van der Waals surface area (Å²) >= 11 is 0. The molecule has 4 nitrogen and oxygen atoms in total. The van der Waals surface area contributed by atoms with E-state index in [0.29, 0.717) is 6.54 Å². The Balaban J connectivity index is 2.48. The maximum absolute atomic E-state index is 11.7. The fraction of sp³-hybridized carbons (Fsp3) is 0.455. The molecule has 0 spiro atoms. The molecule has 0 unspecified atom stereocenters. The average molecular weight is 241 g/mol. The van der Waals surface area contributed by atoms with Crippen molar-refractivity contribution in [1.29, 1.82) is 0 Å². The van der Waals surface area contributed by atoms with Crippen molar-refractivity contribution in [3.8, 4) is 0 Å². The summed E-state index contributed by atoms with van der Waals surface area (Å²) in [5, 5.41) is 0. The predicted molar refractivity (Wildman–Crippen MR) is 63.6 cm³/mol. The quantitative estimate of drug-likeness (QED) is 0.747. The monoisotopic (exact) mass is 241 g/mol. The van der Waals surface area contributed by atoms with Crippen LogP contribution in [0, 0.1) is 6.07 Å². The first-order chi connectivity index (χ1) is 7.52. The average Bonchev–Trinajstić information content (AvgIpc) is 2.26. The Morgan fingerprint density at radius 3 is 2.50 bits per heavy atom. The van der Waals surface area contributed by atoms with Crippen LogP contribution >= 0.6 is 0 Å². The Kier molecular flexibility index (Phi) is 4.92. The molecule has 0 saturated carbocycles. The molecule has 5 heteroatoms. The van der Waals surface area contributed by atoms with Gasteiger partial charge < -0.3 is 4.90 Å². The Morgan fingerprint density at radius 1 is 1.31 bits per heavy atom. The van der Waals surface area contributed by atoms with Gasteiger partial charge in [-0.25, -0.2) is 13.1 Å². The van der Waals surface area contributed by atoms with Crippen molar-refractivity contribution in [3.05, 3.63) is 30.3 Å². The van der Waals surface area contributed by atoms with Crippen molar-refractivity contribution in [2.24, 2.45) is 0 Å². The van der Waals surface area contributed by atoms with Gasteiger partial charge in [0.2, 0.25) is 10.0 Å². The Morgan fingerprint density at radius 2 is 1.94 bits per heavy atom. The number of benzene rings is 1. The molecular formula is C11H17N2O2S. The molecular weight excluding hydrogens is 224 g/mol. The molecule has 0 aromatic heterocycles. The number of hydrogen-bond donors (Lipinski definition) is 1. The van der Waals surface area contributed by atoms with E-state index in [0.717, 1.165) is 13.0 Å². The van der Waals surface area contributed by atoms with Gasteiger partial charge in [-0.1, -0.05) is 12.1 Å². The van der Waals surface area contributed by atoms with Crippen LogP contribution in [0.25, 0.3) is 0 Å². The highest BCUT2D eigenvalue weighted by molar-refractivity contribution is 7.89. The highest BCUT2D eigenvalue weighted by Gasteiger charge is 2.11. The molecule has 0 heterocycles. The first kappa shape index (κ1) is 13.2. The van der Waals surface area contributed by atoms with Crippen molar-refractivity contribution in [1.82, 2.24) is 9.62 Å². The summed E-state index contributed by atoms with van der Waals surface area (Å²) in [6, 6.07) is 9.04. The summed E-state index contributed by atoms with van der Waals surface area (Å²) in [5.41, 5.74) is 0. The number of nitrogens with zero attached hydrogens (tertiary/aromatic N) is 1. The molecule has 1 radical (unpaired) electrons. The second-order valence-electron chi connectivity index (χ2n) is 3.79. The number of nitrogens with one attached hydrogen (secondary N) is 1. The molecule has 16 heavy (non-hydrogen) atoms. The standard InChI is InChI=1S/C11H17N2O2S/c1-13(2)10-6-9-12-16(14,15)11-7-4-3-5-8-11/h4-5,7-8,12H,6,9-10H2,1-2H3. The fourth-order valence-electron chi connectivity index (χ4n) is 1.24. The molecule has 0 atom stereocenters. The molecule has 1 N–H and O–H groups in total.